The Morgan fingerprint density at radius 2 is 1.94 bits per heavy atom. The molecule has 0 aliphatic heterocycles. The lowest BCUT2D eigenvalue weighted by molar-refractivity contribution is -0.138. The Morgan fingerprint density at radius 1 is 1.28 bits per heavy atom. The molecule has 1 atom stereocenters. The molecule has 0 unspecified atom stereocenters. The molecule has 0 N–H and O–H groups in total. The van der Waals surface area contributed by atoms with Crippen LogP contribution in [0.1, 0.15) is 43.1 Å². The fourth-order valence-corrected chi connectivity index (χ4v) is 2.85. The molecular weight excluding hydrogens is 425 g/mol. The van der Waals surface area contributed by atoms with Crippen LogP contribution in [0.25, 0.3) is 0 Å². The van der Waals surface area contributed by atoms with Gasteiger partial charge in [0.2, 0.25) is 0 Å². The van der Waals surface area contributed by atoms with Gasteiger partial charge in [0, 0.05) is 31.9 Å². The molecule has 8 nitrogen and oxygen atoms in total. The maximum Gasteiger partial charge on any atom is 0.419 e. The largest absolute Gasteiger partial charge is 0.461 e. The minimum Gasteiger partial charge on any atom is -0.461 e. The van der Waals surface area contributed by atoms with Gasteiger partial charge < -0.3 is 9.64 Å². The number of amides is 1. The highest BCUT2D eigenvalue weighted by Crippen LogP contribution is 2.28. The number of halogens is 3. The summed E-state index contributed by atoms with van der Waals surface area (Å²) in [6, 6.07) is 6.24. The zero-order chi connectivity index (χ0) is 23.7. The van der Waals surface area contributed by atoms with Crippen LogP contribution in [0, 0.1) is 0 Å². The van der Waals surface area contributed by atoms with E-state index in [0.717, 1.165) is 0 Å². The van der Waals surface area contributed by atoms with Crippen molar-refractivity contribution in [3.05, 3.63) is 47.8 Å². The molecule has 0 spiro atoms. The molecule has 0 bridgehead atoms. The summed E-state index contributed by atoms with van der Waals surface area (Å²) in [5.41, 5.74) is -0.130. The van der Waals surface area contributed by atoms with E-state index in [1.54, 1.807) is 43.0 Å². The van der Waals surface area contributed by atoms with Gasteiger partial charge in [0.15, 0.2) is 0 Å². The topological polar surface area (TPSA) is 83.3 Å². The van der Waals surface area contributed by atoms with Crippen LogP contribution in [-0.2, 0) is 6.18 Å². The minimum atomic E-state index is -4.53. The maximum atomic E-state index is 13.4. The van der Waals surface area contributed by atoms with Crippen LogP contribution in [0.15, 0.2) is 46.9 Å². The molecule has 0 saturated heterocycles. The van der Waals surface area contributed by atoms with E-state index >= 15 is 0 Å². The maximum absolute atomic E-state index is 13.4. The normalized spacial score (nSPS) is 12.4. The smallest absolute Gasteiger partial charge is 0.419 e. The van der Waals surface area contributed by atoms with Gasteiger partial charge in [0.1, 0.15) is 6.61 Å². The summed E-state index contributed by atoms with van der Waals surface area (Å²) in [6.07, 6.45) is -1.00. The third kappa shape index (κ3) is 6.25. The molecule has 0 radical (unpaired) electrons. The van der Waals surface area contributed by atoms with Crippen molar-refractivity contribution in [2.75, 3.05) is 18.3 Å². The third-order valence-corrected chi connectivity index (χ3v) is 4.38. The van der Waals surface area contributed by atoms with Crippen molar-refractivity contribution in [1.82, 2.24) is 14.9 Å². The quantitative estimate of drug-likeness (QED) is 0.399. The number of para-hydroxylation sites is 1. The van der Waals surface area contributed by atoms with Crippen molar-refractivity contribution in [1.29, 1.82) is 0 Å². The zero-order valence-corrected chi connectivity index (χ0v) is 18.1. The van der Waals surface area contributed by atoms with Crippen LogP contribution in [-0.4, -0.2) is 52.9 Å². The van der Waals surface area contributed by atoms with Gasteiger partial charge in [0.05, 0.1) is 22.9 Å². The molecule has 1 amide bonds. The second-order valence-corrected chi connectivity index (χ2v) is 6.73. The first-order chi connectivity index (χ1) is 15.2. The van der Waals surface area contributed by atoms with E-state index in [1.807, 2.05) is 6.92 Å². The van der Waals surface area contributed by atoms with Crippen LogP contribution >= 0.6 is 0 Å². The average molecular weight is 450 g/mol. The highest BCUT2D eigenvalue weighted by atomic mass is 19.4. The van der Waals surface area contributed by atoms with Gasteiger partial charge in [0.25, 0.3) is 5.91 Å². The third-order valence-electron chi connectivity index (χ3n) is 4.38. The van der Waals surface area contributed by atoms with Gasteiger partial charge in [-0.1, -0.05) is 19.1 Å². The van der Waals surface area contributed by atoms with E-state index in [2.05, 4.69) is 26.9 Å². The molecule has 11 heteroatoms. The van der Waals surface area contributed by atoms with E-state index in [9.17, 15) is 18.0 Å². The highest BCUT2D eigenvalue weighted by molar-refractivity contribution is 6.00. The number of rotatable bonds is 10. The van der Waals surface area contributed by atoms with Crippen molar-refractivity contribution in [2.24, 2.45) is 10.2 Å². The predicted octanol–water partition coefficient (Wildman–Crippen LogP) is 4.24. The number of hydrogen-bond acceptors (Lipinski definition) is 7. The molecule has 32 heavy (non-hydrogen) atoms. The number of alkyl halides is 3. The van der Waals surface area contributed by atoms with Crippen molar-refractivity contribution < 1.29 is 22.7 Å². The lowest BCUT2D eigenvalue weighted by Crippen LogP contribution is -2.42. The van der Waals surface area contributed by atoms with E-state index in [1.165, 1.54) is 11.3 Å². The summed E-state index contributed by atoms with van der Waals surface area (Å²) < 4.78 is 43.4. The molecule has 0 aliphatic carbocycles. The Labute approximate surface area is 184 Å². The zero-order valence-electron chi connectivity index (χ0n) is 18.1. The number of hydrazone groups is 2. The molecule has 0 fully saturated rings. The van der Waals surface area contributed by atoms with Crippen LogP contribution in [0.2, 0.25) is 0 Å². The van der Waals surface area contributed by atoms with Crippen LogP contribution < -0.4 is 9.85 Å². The van der Waals surface area contributed by atoms with Crippen molar-refractivity contribution in [2.45, 2.75) is 39.4 Å². The predicted molar refractivity (Wildman–Crippen MR) is 116 cm³/mol. The average Bonchev–Trinajstić information content (AvgIpc) is 2.78. The summed E-state index contributed by atoms with van der Waals surface area (Å²) in [5, 5.41) is 9.19. The van der Waals surface area contributed by atoms with Gasteiger partial charge in [-0.25, -0.2) is 9.97 Å². The molecule has 1 aromatic carbocycles. The molecule has 172 valence electrons. The SMILES string of the molecule is C=NN(/N=C\C)c1ccccc1C(=O)N(CCC)[C@@H](C)COc1ncc(C(F)(F)F)cn1. The number of carbonyl (C=O) groups is 1. The van der Waals surface area contributed by atoms with Crippen LogP contribution in [0.3, 0.4) is 0 Å². The summed E-state index contributed by atoms with van der Waals surface area (Å²) in [6.45, 7) is 9.34. The monoisotopic (exact) mass is 450 g/mol. The van der Waals surface area contributed by atoms with Gasteiger partial charge >= 0.3 is 12.2 Å². The second-order valence-electron chi connectivity index (χ2n) is 6.73. The van der Waals surface area contributed by atoms with E-state index in [0.29, 0.717) is 36.6 Å². The van der Waals surface area contributed by atoms with E-state index in [4.69, 9.17) is 4.74 Å². The first-order valence-electron chi connectivity index (χ1n) is 9.90. The lowest BCUT2D eigenvalue weighted by Gasteiger charge is -2.30. The van der Waals surface area contributed by atoms with Gasteiger partial charge in [-0.05, 0) is 32.4 Å². The first-order valence-corrected chi connectivity index (χ1v) is 9.90. The first kappa shape index (κ1) is 24.8. The molecule has 0 aliphatic rings. The summed E-state index contributed by atoms with van der Waals surface area (Å²) in [7, 11) is 0. The lowest BCUT2D eigenvalue weighted by atomic mass is 10.1. The Bertz CT molecular complexity index is 934. The molecule has 1 heterocycles. The summed E-state index contributed by atoms with van der Waals surface area (Å²) in [5.74, 6) is -0.271. The number of anilines is 1. The summed E-state index contributed by atoms with van der Waals surface area (Å²) in [4.78, 5) is 22.2. The summed E-state index contributed by atoms with van der Waals surface area (Å²) >= 11 is 0. The van der Waals surface area contributed by atoms with Crippen molar-refractivity contribution in [3.63, 3.8) is 0 Å². The van der Waals surface area contributed by atoms with Gasteiger partial charge in [-0.3, -0.25) is 4.79 Å². The molecule has 0 saturated carbocycles. The minimum absolute atomic E-state index is 0.00416. The number of carbonyl (C=O) groups excluding carboxylic acids is 1. The fraction of sp³-hybridized carbons (Fsp3) is 0.381. The number of aromatic nitrogens is 2. The number of hydrogen-bond donors (Lipinski definition) is 0. The van der Waals surface area contributed by atoms with Crippen LogP contribution in [0.5, 0.6) is 6.01 Å². The number of benzene rings is 1. The Balaban J connectivity index is 2.19. The van der Waals surface area contributed by atoms with Crippen molar-refractivity contribution >= 4 is 24.5 Å². The van der Waals surface area contributed by atoms with E-state index in [-0.39, 0.29) is 18.5 Å². The highest BCUT2D eigenvalue weighted by Gasteiger charge is 2.31. The van der Waals surface area contributed by atoms with E-state index < -0.39 is 17.8 Å². The molecule has 2 rings (SSSR count). The number of nitrogens with zero attached hydrogens (tertiary/aromatic N) is 6. The Morgan fingerprint density at radius 3 is 2.50 bits per heavy atom. The molecule has 2 aromatic rings. The second kappa shape index (κ2) is 11.2. The number of ether oxygens (including phenoxy) is 1. The molecule has 1 aromatic heterocycles. The Hall–Kier alpha value is -3.50. The standard InChI is InChI=1S/C21H25F3N6O2/c1-5-11-29(15(3)14-32-20-26-12-16(13-27-20)21(22,23)24)19(31)17-9-7-8-10-18(17)30(25-4)28-6-2/h6-10,12-13,15H,4-5,11,14H2,1-3H3/b28-6-/t15-/m0/s1. The van der Waals surface area contributed by atoms with Crippen LogP contribution in [0.4, 0.5) is 18.9 Å². The van der Waals surface area contributed by atoms with Gasteiger partial charge in [-0.2, -0.15) is 28.5 Å². The van der Waals surface area contributed by atoms with Gasteiger partial charge in [-0.15, -0.1) is 0 Å². The van der Waals surface area contributed by atoms with Crippen molar-refractivity contribution in [3.8, 4) is 6.01 Å². The Kier molecular flexibility index (Phi) is 8.68. The molecular formula is C21H25F3N6O2. The fourth-order valence-electron chi connectivity index (χ4n) is 2.85.